The number of hydrogen-bond acceptors (Lipinski definition) is 7. The van der Waals surface area contributed by atoms with Crippen molar-refractivity contribution >= 4 is 5.91 Å². The topological polar surface area (TPSA) is 118 Å². The van der Waals surface area contributed by atoms with Crippen molar-refractivity contribution in [2.45, 2.75) is 52.8 Å². The summed E-state index contributed by atoms with van der Waals surface area (Å²) in [5, 5.41) is 13.7. The average Bonchev–Trinajstić information content (AvgIpc) is 3.28. The smallest absolute Gasteiger partial charge is 0.258 e. The van der Waals surface area contributed by atoms with Gasteiger partial charge in [-0.2, -0.15) is 10.2 Å². The standard InChI is InChI=1S/C25H27N5O3/c1-14(2)32-22-8-6-17(11-19(22)12-26)24-28-23(29-33-24)21-7-5-18-13-30(25(31)16(4)27)10-9-20(18)15(21)3/h5-8,11,14,16H,9-10,13,27H2,1-4H3/t16-/m0/s1. The van der Waals surface area contributed by atoms with Gasteiger partial charge in [-0.3, -0.25) is 4.79 Å². The lowest BCUT2D eigenvalue weighted by Crippen LogP contribution is -2.44. The third-order valence-corrected chi connectivity index (χ3v) is 5.77. The second kappa shape index (κ2) is 9.04. The molecule has 1 amide bonds. The quantitative estimate of drug-likeness (QED) is 0.637. The zero-order chi connectivity index (χ0) is 23.7. The molecule has 8 nitrogen and oxygen atoms in total. The first-order valence-electron chi connectivity index (χ1n) is 11.0. The summed E-state index contributed by atoms with van der Waals surface area (Å²) in [5.74, 6) is 1.31. The highest BCUT2D eigenvalue weighted by Gasteiger charge is 2.25. The minimum absolute atomic E-state index is 0.0335. The normalized spacial score (nSPS) is 14.0. The van der Waals surface area contributed by atoms with Crippen LogP contribution in [-0.4, -0.2) is 39.6 Å². The van der Waals surface area contributed by atoms with E-state index in [0.717, 1.165) is 23.1 Å². The van der Waals surface area contributed by atoms with Gasteiger partial charge >= 0.3 is 0 Å². The summed E-state index contributed by atoms with van der Waals surface area (Å²) < 4.78 is 11.2. The highest BCUT2D eigenvalue weighted by molar-refractivity contribution is 5.81. The summed E-state index contributed by atoms with van der Waals surface area (Å²) in [6.07, 6.45) is 0.718. The molecular weight excluding hydrogens is 418 g/mol. The Kier molecular flexibility index (Phi) is 6.16. The van der Waals surface area contributed by atoms with Crippen LogP contribution < -0.4 is 10.5 Å². The summed E-state index contributed by atoms with van der Waals surface area (Å²) in [6.45, 7) is 8.76. The molecule has 4 rings (SSSR count). The molecular formula is C25H27N5O3. The van der Waals surface area contributed by atoms with Crippen LogP contribution in [0.5, 0.6) is 5.75 Å². The molecule has 170 valence electrons. The van der Waals surface area contributed by atoms with Gasteiger partial charge in [-0.15, -0.1) is 0 Å². The predicted octanol–water partition coefficient (Wildman–Crippen LogP) is 3.60. The second-order valence-electron chi connectivity index (χ2n) is 8.59. The molecule has 33 heavy (non-hydrogen) atoms. The van der Waals surface area contributed by atoms with Crippen molar-refractivity contribution < 1.29 is 14.1 Å². The van der Waals surface area contributed by atoms with Gasteiger partial charge in [0.2, 0.25) is 11.7 Å². The van der Waals surface area contributed by atoms with Crippen LogP contribution in [0.1, 0.15) is 43.0 Å². The third-order valence-electron chi connectivity index (χ3n) is 5.77. The molecule has 0 fully saturated rings. The van der Waals surface area contributed by atoms with Gasteiger partial charge in [-0.25, -0.2) is 0 Å². The van der Waals surface area contributed by atoms with Crippen molar-refractivity contribution in [1.29, 1.82) is 5.26 Å². The lowest BCUT2D eigenvalue weighted by atomic mass is 9.91. The maximum Gasteiger partial charge on any atom is 0.258 e. The molecule has 8 heteroatoms. The van der Waals surface area contributed by atoms with Crippen molar-refractivity contribution in [3.63, 3.8) is 0 Å². The molecule has 0 radical (unpaired) electrons. The van der Waals surface area contributed by atoms with Crippen molar-refractivity contribution in [3.8, 4) is 34.7 Å². The van der Waals surface area contributed by atoms with Crippen LogP contribution in [-0.2, 0) is 17.8 Å². The second-order valence-corrected chi connectivity index (χ2v) is 8.59. The van der Waals surface area contributed by atoms with Crippen LogP contribution in [0.4, 0.5) is 0 Å². The van der Waals surface area contributed by atoms with Crippen molar-refractivity contribution in [2.75, 3.05) is 6.54 Å². The van der Waals surface area contributed by atoms with Gasteiger partial charge in [0, 0.05) is 24.2 Å². The SMILES string of the molecule is Cc1c(-c2noc(-c3ccc(OC(C)C)c(C#N)c3)n2)ccc2c1CCN(C(=O)[C@H](C)N)C2. The van der Waals surface area contributed by atoms with E-state index < -0.39 is 6.04 Å². The Hall–Kier alpha value is -3.70. The Bertz CT molecular complexity index is 1240. The lowest BCUT2D eigenvalue weighted by molar-refractivity contribution is -0.133. The first kappa shape index (κ1) is 22.5. The molecule has 2 heterocycles. The number of ether oxygens (including phenoxy) is 1. The van der Waals surface area contributed by atoms with Crippen LogP contribution >= 0.6 is 0 Å². The van der Waals surface area contributed by atoms with E-state index in [4.69, 9.17) is 15.0 Å². The minimum atomic E-state index is -0.503. The zero-order valence-corrected chi connectivity index (χ0v) is 19.3. The molecule has 1 atom stereocenters. The van der Waals surface area contributed by atoms with Gasteiger partial charge in [0.15, 0.2) is 0 Å². The van der Waals surface area contributed by atoms with Gasteiger partial charge in [0.25, 0.3) is 5.89 Å². The van der Waals surface area contributed by atoms with Crippen LogP contribution in [0.15, 0.2) is 34.9 Å². The Morgan fingerprint density at radius 2 is 2.06 bits per heavy atom. The number of nitrogens with zero attached hydrogens (tertiary/aromatic N) is 4. The van der Waals surface area contributed by atoms with E-state index >= 15 is 0 Å². The highest BCUT2D eigenvalue weighted by atomic mass is 16.5. The average molecular weight is 446 g/mol. The van der Waals surface area contributed by atoms with Crippen molar-refractivity contribution in [1.82, 2.24) is 15.0 Å². The van der Waals surface area contributed by atoms with Crippen molar-refractivity contribution in [3.05, 3.63) is 52.6 Å². The molecule has 0 saturated carbocycles. The Morgan fingerprint density at radius 1 is 1.27 bits per heavy atom. The molecule has 3 aromatic rings. The van der Waals surface area contributed by atoms with E-state index in [1.54, 1.807) is 30.0 Å². The fraction of sp³-hybridized carbons (Fsp3) is 0.360. The monoisotopic (exact) mass is 445 g/mol. The first-order valence-corrected chi connectivity index (χ1v) is 11.0. The maximum atomic E-state index is 12.3. The number of fused-ring (bicyclic) bond motifs is 1. The number of benzene rings is 2. The fourth-order valence-corrected chi connectivity index (χ4v) is 4.12. The number of carbonyl (C=O) groups excluding carboxylic acids is 1. The molecule has 0 saturated heterocycles. The molecule has 1 aromatic heterocycles. The number of carbonyl (C=O) groups is 1. The summed E-state index contributed by atoms with van der Waals surface area (Å²) in [6, 6.07) is 10.9. The molecule has 0 spiro atoms. The van der Waals surface area contributed by atoms with Crippen molar-refractivity contribution in [2.24, 2.45) is 5.73 Å². The summed E-state index contributed by atoms with van der Waals surface area (Å²) in [4.78, 5) is 18.7. The fourth-order valence-electron chi connectivity index (χ4n) is 4.12. The predicted molar refractivity (Wildman–Crippen MR) is 123 cm³/mol. The maximum absolute atomic E-state index is 12.3. The van der Waals surface area contributed by atoms with E-state index in [-0.39, 0.29) is 12.0 Å². The van der Waals surface area contributed by atoms with Crippen LogP contribution in [0, 0.1) is 18.3 Å². The van der Waals surface area contributed by atoms with Crippen LogP contribution in [0.25, 0.3) is 22.8 Å². The number of aromatic nitrogens is 2. The molecule has 0 aliphatic carbocycles. The molecule has 1 aliphatic heterocycles. The minimum Gasteiger partial charge on any atom is -0.490 e. The molecule has 0 bridgehead atoms. The van der Waals surface area contributed by atoms with E-state index in [9.17, 15) is 10.1 Å². The first-order chi connectivity index (χ1) is 15.8. The number of nitrogens with two attached hydrogens (primary N) is 1. The summed E-state index contributed by atoms with van der Waals surface area (Å²) in [7, 11) is 0. The Balaban J connectivity index is 1.61. The molecule has 2 aromatic carbocycles. The van der Waals surface area contributed by atoms with Gasteiger partial charge in [0.05, 0.1) is 17.7 Å². The Morgan fingerprint density at radius 3 is 2.76 bits per heavy atom. The number of amides is 1. The van der Waals surface area contributed by atoms with E-state index in [2.05, 4.69) is 16.2 Å². The summed E-state index contributed by atoms with van der Waals surface area (Å²) in [5.41, 5.74) is 11.1. The van der Waals surface area contributed by atoms with Gasteiger partial charge < -0.3 is 19.9 Å². The van der Waals surface area contributed by atoms with Gasteiger partial charge in [-0.1, -0.05) is 17.3 Å². The van der Waals surface area contributed by atoms with E-state index in [1.807, 2.05) is 32.9 Å². The van der Waals surface area contributed by atoms with Gasteiger partial charge in [0.1, 0.15) is 11.8 Å². The highest BCUT2D eigenvalue weighted by Crippen LogP contribution is 2.32. The van der Waals surface area contributed by atoms with Gasteiger partial charge in [-0.05, 0) is 69.0 Å². The van der Waals surface area contributed by atoms with Crippen LogP contribution in [0.2, 0.25) is 0 Å². The molecule has 2 N–H and O–H groups in total. The third kappa shape index (κ3) is 4.45. The summed E-state index contributed by atoms with van der Waals surface area (Å²) >= 11 is 0. The Labute approximate surface area is 193 Å². The molecule has 0 unspecified atom stereocenters. The van der Waals surface area contributed by atoms with E-state index in [0.29, 0.717) is 41.7 Å². The number of nitriles is 1. The lowest BCUT2D eigenvalue weighted by Gasteiger charge is -2.31. The van der Waals surface area contributed by atoms with Crippen LogP contribution in [0.3, 0.4) is 0 Å². The zero-order valence-electron chi connectivity index (χ0n) is 19.3. The molecule has 1 aliphatic rings. The van der Waals surface area contributed by atoms with E-state index in [1.165, 1.54) is 5.56 Å². The number of rotatable bonds is 5. The number of hydrogen-bond donors (Lipinski definition) is 1. The largest absolute Gasteiger partial charge is 0.490 e.